The molecule has 57 heavy (non-hydrogen) atoms. The molecule has 0 aliphatic carbocycles. The van der Waals surface area contributed by atoms with E-state index in [1.165, 1.54) is 22.7 Å². The third kappa shape index (κ3) is 11.2. The predicted molar refractivity (Wildman–Crippen MR) is 220 cm³/mol. The van der Waals surface area contributed by atoms with Crippen molar-refractivity contribution in [1.29, 1.82) is 0 Å². The predicted octanol–water partition coefficient (Wildman–Crippen LogP) is 5.76. The Balaban J connectivity index is 0.000000166. The lowest BCUT2D eigenvalue weighted by molar-refractivity contribution is -0.126. The number of carbonyl (C=O) groups is 5. The second-order valence-electron chi connectivity index (χ2n) is 12.6. The van der Waals surface area contributed by atoms with Crippen LogP contribution in [0.3, 0.4) is 0 Å². The zero-order chi connectivity index (χ0) is 40.3. The van der Waals surface area contributed by atoms with E-state index in [0.717, 1.165) is 33.9 Å². The fourth-order valence-electron chi connectivity index (χ4n) is 5.94. The van der Waals surface area contributed by atoms with Gasteiger partial charge in [0.05, 0.1) is 46.4 Å². The highest BCUT2D eigenvalue weighted by Crippen LogP contribution is 2.28. The molecule has 2 atom stereocenters. The summed E-state index contributed by atoms with van der Waals surface area (Å²) in [5.41, 5.74) is 8.57. The van der Waals surface area contributed by atoms with E-state index in [2.05, 4.69) is 4.99 Å². The molecule has 4 aliphatic rings. The van der Waals surface area contributed by atoms with Crippen molar-refractivity contribution in [3.63, 3.8) is 0 Å². The standard InChI is InChI=1S/C19H18ClN3O4S.C14H17N3O4.C5H3ClOS/c20-17-6-5-16(28-17)10-21-9-15-11-23(19(25)27-15)14-3-1-13(2-4-14)22-7-8-26-12-18(22)24;15-7-12-8-17(14(19)21-12)11-3-1-10(2-4-11)16-5-6-20-9-13(16)18;6-5-2-1-4(3-7)8-5/h1-6,10,15H,7-9,11-12H2;1-4,12H,5-9,15H2;1-3H/t15-;12-;/m11./s1. The summed E-state index contributed by atoms with van der Waals surface area (Å²) < 4.78 is 22.1. The number of ether oxygens (including phenoxy) is 4. The number of carbonyl (C=O) groups excluding carboxylic acids is 5. The molecular weight excluding hydrogens is 819 g/mol. The monoisotopic (exact) mass is 856 g/mol. The summed E-state index contributed by atoms with van der Waals surface area (Å²) in [5, 5.41) is 0. The number of hydrogen-bond acceptors (Lipinski definition) is 13. The van der Waals surface area contributed by atoms with Gasteiger partial charge in [-0.3, -0.25) is 29.2 Å². The second-order valence-corrected chi connectivity index (χ2v) is 16.1. The van der Waals surface area contributed by atoms with Crippen LogP contribution in [0.2, 0.25) is 8.67 Å². The van der Waals surface area contributed by atoms with Crippen molar-refractivity contribution in [2.45, 2.75) is 12.2 Å². The topological polar surface area (TPSA) is 174 Å². The Morgan fingerprint density at radius 1 is 0.649 bits per heavy atom. The molecule has 15 nitrogen and oxygen atoms in total. The number of nitrogens with zero attached hydrogens (tertiary/aromatic N) is 5. The average Bonchev–Trinajstić information content (AvgIpc) is 4.03. The van der Waals surface area contributed by atoms with Gasteiger partial charge in [-0.05, 0) is 72.8 Å². The highest BCUT2D eigenvalue weighted by atomic mass is 35.5. The van der Waals surface area contributed by atoms with Crippen molar-refractivity contribution < 1.29 is 42.9 Å². The van der Waals surface area contributed by atoms with Gasteiger partial charge in [-0.1, -0.05) is 23.2 Å². The first-order valence-electron chi connectivity index (χ1n) is 17.7. The number of rotatable bonds is 9. The van der Waals surface area contributed by atoms with Crippen LogP contribution in [-0.4, -0.2) is 114 Å². The van der Waals surface area contributed by atoms with Crippen molar-refractivity contribution in [2.75, 3.05) is 85.3 Å². The van der Waals surface area contributed by atoms with Gasteiger partial charge < -0.3 is 34.5 Å². The summed E-state index contributed by atoms with van der Waals surface area (Å²) in [6.45, 7) is 3.90. The van der Waals surface area contributed by atoms with E-state index in [0.29, 0.717) is 66.0 Å². The zero-order valence-electron chi connectivity index (χ0n) is 30.4. The fraction of sp³-hybridized carbons (Fsp3) is 0.316. The SMILES string of the molecule is NC[C@@H]1CN(c2ccc(N3CCOCC3=O)cc2)C(=O)O1.O=C1COCCN1c1ccc(N2C[C@@H](CN=Cc3ccc(Cl)s3)OC2=O)cc1.O=Cc1ccc(Cl)s1. The molecule has 8 rings (SSSR count). The average molecular weight is 858 g/mol. The third-order valence-electron chi connectivity index (χ3n) is 8.76. The molecule has 4 amide bonds. The molecule has 4 fully saturated rings. The molecule has 0 unspecified atom stereocenters. The lowest BCUT2D eigenvalue weighted by atomic mass is 10.2. The molecule has 300 valence electrons. The van der Waals surface area contributed by atoms with Gasteiger partial charge in [0.25, 0.3) is 11.8 Å². The number of thiophene rings is 2. The highest BCUT2D eigenvalue weighted by Gasteiger charge is 2.33. The Kier molecular flexibility index (Phi) is 14.7. The second kappa shape index (κ2) is 20.0. The largest absolute Gasteiger partial charge is 0.443 e. The maximum atomic E-state index is 12.2. The molecule has 0 spiro atoms. The number of halogens is 2. The van der Waals surface area contributed by atoms with Gasteiger partial charge in [-0.15, -0.1) is 22.7 Å². The number of hydrogen-bond donors (Lipinski definition) is 1. The number of benzene rings is 2. The summed E-state index contributed by atoms with van der Waals surface area (Å²) >= 11 is 14.1. The van der Waals surface area contributed by atoms with Crippen LogP contribution in [0.5, 0.6) is 0 Å². The Morgan fingerprint density at radius 3 is 1.47 bits per heavy atom. The first-order chi connectivity index (χ1) is 27.6. The summed E-state index contributed by atoms with van der Waals surface area (Å²) in [6, 6.07) is 21.7. The minimum Gasteiger partial charge on any atom is -0.443 e. The van der Waals surface area contributed by atoms with Crippen molar-refractivity contribution in [2.24, 2.45) is 10.7 Å². The van der Waals surface area contributed by atoms with Gasteiger partial charge in [0.15, 0.2) is 6.29 Å². The molecule has 4 saturated heterocycles. The van der Waals surface area contributed by atoms with Crippen LogP contribution in [0.4, 0.5) is 32.3 Å². The fourth-order valence-corrected chi connectivity index (χ4v) is 7.77. The van der Waals surface area contributed by atoms with E-state index in [1.54, 1.807) is 50.1 Å². The molecule has 2 N–H and O–H groups in total. The molecule has 2 aromatic heterocycles. The van der Waals surface area contributed by atoms with Gasteiger partial charge in [0.2, 0.25) is 0 Å². The van der Waals surface area contributed by atoms with E-state index in [9.17, 15) is 24.0 Å². The molecule has 0 saturated carbocycles. The summed E-state index contributed by atoms with van der Waals surface area (Å²) in [4.78, 5) is 70.1. The van der Waals surface area contributed by atoms with E-state index in [-0.39, 0.29) is 43.3 Å². The first-order valence-corrected chi connectivity index (χ1v) is 20.1. The minimum absolute atomic E-state index is 0.0576. The van der Waals surface area contributed by atoms with Gasteiger partial charge in [0, 0.05) is 53.5 Å². The molecule has 19 heteroatoms. The number of morpholine rings is 2. The van der Waals surface area contributed by atoms with E-state index < -0.39 is 6.09 Å². The van der Waals surface area contributed by atoms with Gasteiger partial charge in [0.1, 0.15) is 25.4 Å². The summed E-state index contributed by atoms with van der Waals surface area (Å²) in [7, 11) is 0. The summed E-state index contributed by atoms with van der Waals surface area (Å²) in [5.74, 6) is -0.123. The van der Waals surface area contributed by atoms with Crippen LogP contribution in [-0.2, 0) is 28.5 Å². The number of aldehydes is 1. The van der Waals surface area contributed by atoms with Gasteiger partial charge in [-0.2, -0.15) is 0 Å². The number of cyclic esters (lactones) is 2. The van der Waals surface area contributed by atoms with Crippen molar-refractivity contribution in [1.82, 2.24) is 0 Å². The van der Waals surface area contributed by atoms with Crippen LogP contribution >= 0.6 is 45.9 Å². The maximum Gasteiger partial charge on any atom is 0.414 e. The van der Waals surface area contributed by atoms with Crippen LogP contribution < -0.4 is 25.3 Å². The normalized spacial score (nSPS) is 19.6. The Hall–Kier alpha value is -4.88. The number of amides is 4. The molecule has 0 radical (unpaired) electrons. The van der Waals surface area contributed by atoms with E-state index in [4.69, 9.17) is 47.9 Å². The Bertz CT molecular complexity index is 2060. The Labute approximate surface area is 346 Å². The molecule has 2 aromatic carbocycles. The first kappa shape index (κ1) is 41.7. The molecular formula is C38H38Cl2N6O9S2. The lowest BCUT2D eigenvalue weighted by Gasteiger charge is -2.27. The van der Waals surface area contributed by atoms with Crippen LogP contribution in [0, 0.1) is 0 Å². The number of aliphatic imine (C=N–C) groups is 1. The molecule has 4 aromatic rings. The Morgan fingerprint density at radius 2 is 1.09 bits per heavy atom. The quantitative estimate of drug-likeness (QED) is 0.161. The number of anilines is 4. The molecule has 6 heterocycles. The maximum absolute atomic E-state index is 12.2. The van der Waals surface area contributed by atoms with E-state index >= 15 is 0 Å². The van der Waals surface area contributed by atoms with Crippen molar-refractivity contribution in [3.8, 4) is 0 Å². The van der Waals surface area contributed by atoms with Crippen LogP contribution in [0.1, 0.15) is 14.5 Å². The molecule has 0 bridgehead atoms. The smallest absolute Gasteiger partial charge is 0.414 e. The summed E-state index contributed by atoms with van der Waals surface area (Å²) in [6.07, 6.45) is 1.17. The van der Waals surface area contributed by atoms with Gasteiger partial charge in [-0.25, -0.2) is 9.59 Å². The molecule has 4 aliphatic heterocycles. The lowest BCUT2D eigenvalue weighted by Crippen LogP contribution is -2.41. The minimum atomic E-state index is -0.394. The van der Waals surface area contributed by atoms with Crippen molar-refractivity contribution >= 4 is 105 Å². The van der Waals surface area contributed by atoms with Crippen LogP contribution in [0.25, 0.3) is 0 Å². The highest BCUT2D eigenvalue weighted by molar-refractivity contribution is 7.18. The van der Waals surface area contributed by atoms with E-state index in [1.807, 2.05) is 48.5 Å². The zero-order valence-corrected chi connectivity index (χ0v) is 33.5. The number of nitrogens with two attached hydrogens (primary N) is 1. The van der Waals surface area contributed by atoms with Crippen LogP contribution in [0.15, 0.2) is 77.8 Å². The third-order valence-corrected chi connectivity index (χ3v) is 11.1. The van der Waals surface area contributed by atoms with Crippen molar-refractivity contribution in [3.05, 3.63) is 91.2 Å². The van der Waals surface area contributed by atoms with Gasteiger partial charge >= 0.3 is 12.2 Å².